The number of anilines is 2. The van der Waals surface area contributed by atoms with E-state index in [1.54, 1.807) is 19.2 Å². The van der Waals surface area contributed by atoms with E-state index in [1.807, 2.05) is 26.5 Å². The number of carbonyl (C=O) groups is 1. The van der Waals surface area contributed by atoms with Gasteiger partial charge in [-0.3, -0.25) is 28.2 Å². The molecule has 1 aliphatic rings. The Bertz CT molecular complexity index is 1670. The van der Waals surface area contributed by atoms with Gasteiger partial charge in [-0.25, -0.2) is 9.18 Å². The summed E-state index contributed by atoms with van der Waals surface area (Å²) in [7, 11) is 3.05. The number of amides is 1. The second-order valence-corrected chi connectivity index (χ2v) is 10.3. The van der Waals surface area contributed by atoms with Gasteiger partial charge in [0.25, 0.3) is 5.56 Å². The summed E-state index contributed by atoms with van der Waals surface area (Å²) in [5, 5.41) is 3.29. The molecule has 3 heterocycles. The molecule has 1 amide bonds. The Hall–Kier alpha value is -3.67. The van der Waals surface area contributed by atoms with Crippen LogP contribution in [0.4, 0.5) is 16.0 Å². The number of aryl methyl sites for hydroxylation is 1. The number of imidazole rings is 1. The number of aromatic nitrogens is 4. The number of rotatable bonds is 6. The van der Waals surface area contributed by atoms with Crippen LogP contribution >= 0.6 is 23.2 Å². The first-order chi connectivity index (χ1) is 18.6. The third-order valence-electron chi connectivity index (χ3n) is 6.81. The Labute approximate surface area is 232 Å². The van der Waals surface area contributed by atoms with E-state index in [0.29, 0.717) is 60.5 Å². The maximum Gasteiger partial charge on any atom is 0.332 e. The molecule has 2 aromatic heterocycles. The summed E-state index contributed by atoms with van der Waals surface area (Å²) in [4.78, 5) is 47.1. The van der Waals surface area contributed by atoms with E-state index in [0.717, 1.165) is 10.1 Å². The molecular formula is C26H26Cl2FN7O3. The zero-order valence-electron chi connectivity index (χ0n) is 21.3. The average Bonchev–Trinajstić information content (AvgIpc) is 3.29. The summed E-state index contributed by atoms with van der Waals surface area (Å²) in [5.41, 5.74) is 1.13. The summed E-state index contributed by atoms with van der Waals surface area (Å²) in [6.45, 7) is 2.75. The normalized spacial score (nSPS) is 14.2. The minimum atomic E-state index is -0.550. The van der Waals surface area contributed by atoms with Gasteiger partial charge in [-0.1, -0.05) is 35.3 Å². The molecule has 0 atom stereocenters. The number of halogens is 3. The average molecular weight is 574 g/mol. The van der Waals surface area contributed by atoms with Gasteiger partial charge in [0.15, 0.2) is 11.2 Å². The van der Waals surface area contributed by atoms with E-state index in [9.17, 15) is 18.8 Å². The highest BCUT2D eigenvalue weighted by atomic mass is 35.5. The Kier molecular flexibility index (Phi) is 7.48. The van der Waals surface area contributed by atoms with E-state index in [-0.39, 0.29) is 17.5 Å². The van der Waals surface area contributed by atoms with Gasteiger partial charge in [-0.15, -0.1) is 0 Å². The summed E-state index contributed by atoms with van der Waals surface area (Å²) in [5.74, 6) is -0.214. The molecule has 1 saturated heterocycles. The summed E-state index contributed by atoms with van der Waals surface area (Å²) >= 11 is 11.9. The molecule has 0 unspecified atom stereocenters. The van der Waals surface area contributed by atoms with E-state index >= 15 is 0 Å². The lowest BCUT2D eigenvalue weighted by atomic mass is 10.2. The quantitative estimate of drug-likeness (QED) is 0.381. The van der Waals surface area contributed by atoms with Crippen LogP contribution in [0.25, 0.3) is 11.2 Å². The van der Waals surface area contributed by atoms with Crippen LogP contribution in [0.5, 0.6) is 0 Å². The summed E-state index contributed by atoms with van der Waals surface area (Å²) in [6.07, 6.45) is 0. The fourth-order valence-electron chi connectivity index (χ4n) is 4.68. The number of fused-ring (bicyclic) bond motifs is 1. The fraction of sp³-hybridized carbons (Fsp3) is 0.308. The first-order valence-electron chi connectivity index (χ1n) is 12.3. The molecule has 0 saturated carbocycles. The molecule has 2 aromatic carbocycles. The van der Waals surface area contributed by atoms with Crippen molar-refractivity contribution in [3.05, 3.63) is 84.7 Å². The van der Waals surface area contributed by atoms with Crippen molar-refractivity contribution < 1.29 is 9.18 Å². The third-order valence-corrected chi connectivity index (χ3v) is 7.35. The lowest BCUT2D eigenvalue weighted by molar-refractivity contribution is -0.117. The topological polar surface area (TPSA) is 97.4 Å². The molecule has 13 heteroatoms. The van der Waals surface area contributed by atoms with Gasteiger partial charge in [0.1, 0.15) is 5.82 Å². The Morgan fingerprint density at radius 3 is 2.36 bits per heavy atom. The summed E-state index contributed by atoms with van der Waals surface area (Å²) < 4.78 is 17.7. The molecule has 204 valence electrons. The number of hydrogen-bond acceptors (Lipinski definition) is 6. The minimum absolute atomic E-state index is 0.0600. The molecular weight excluding hydrogens is 548 g/mol. The lowest BCUT2D eigenvalue weighted by Gasteiger charge is -2.35. The van der Waals surface area contributed by atoms with Gasteiger partial charge < -0.3 is 10.2 Å². The predicted octanol–water partition coefficient (Wildman–Crippen LogP) is 2.69. The molecule has 0 aliphatic carbocycles. The van der Waals surface area contributed by atoms with Crippen molar-refractivity contribution in [2.75, 3.05) is 42.9 Å². The van der Waals surface area contributed by atoms with Crippen LogP contribution in [0.1, 0.15) is 5.56 Å². The molecule has 39 heavy (non-hydrogen) atoms. The second-order valence-electron chi connectivity index (χ2n) is 9.44. The van der Waals surface area contributed by atoms with Crippen molar-refractivity contribution in [3.63, 3.8) is 0 Å². The number of piperazine rings is 1. The number of hydrogen-bond donors (Lipinski definition) is 1. The molecule has 0 bridgehead atoms. The van der Waals surface area contributed by atoms with Gasteiger partial charge >= 0.3 is 5.69 Å². The van der Waals surface area contributed by atoms with Gasteiger partial charge in [0.2, 0.25) is 11.9 Å². The van der Waals surface area contributed by atoms with Crippen LogP contribution in [-0.4, -0.2) is 62.2 Å². The highest BCUT2D eigenvalue weighted by molar-refractivity contribution is 6.31. The van der Waals surface area contributed by atoms with Gasteiger partial charge in [0, 0.05) is 51.0 Å². The highest BCUT2D eigenvalue weighted by Gasteiger charge is 2.26. The van der Waals surface area contributed by atoms with Crippen molar-refractivity contribution in [1.82, 2.24) is 23.6 Å². The molecule has 1 N–H and O–H groups in total. The number of benzene rings is 2. The zero-order chi connectivity index (χ0) is 27.8. The Morgan fingerprint density at radius 2 is 1.69 bits per heavy atom. The maximum atomic E-state index is 13.4. The second kappa shape index (κ2) is 10.8. The van der Waals surface area contributed by atoms with Crippen LogP contribution in [-0.2, 0) is 25.4 Å². The maximum absolute atomic E-state index is 13.4. The van der Waals surface area contributed by atoms with Gasteiger partial charge in [-0.2, -0.15) is 4.98 Å². The smallest absolute Gasteiger partial charge is 0.332 e. The van der Waals surface area contributed by atoms with E-state index in [1.165, 1.54) is 29.8 Å². The molecule has 1 fully saturated rings. The van der Waals surface area contributed by atoms with Crippen LogP contribution in [0.3, 0.4) is 0 Å². The van der Waals surface area contributed by atoms with Crippen molar-refractivity contribution >= 4 is 51.9 Å². The predicted molar refractivity (Wildman–Crippen MR) is 149 cm³/mol. The Morgan fingerprint density at radius 1 is 1.00 bits per heavy atom. The summed E-state index contributed by atoms with van der Waals surface area (Å²) in [6, 6.07) is 11.4. The Balaban J connectivity index is 1.37. The highest BCUT2D eigenvalue weighted by Crippen LogP contribution is 2.24. The monoisotopic (exact) mass is 573 g/mol. The van der Waals surface area contributed by atoms with E-state index in [4.69, 9.17) is 28.2 Å². The third kappa shape index (κ3) is 5.42. The fourth-order valence-corrected chi connectivity index (χ4v) is 4.99. The first-order valence-corrected chi connectivity index (χ1v) is 13.0. The van der Waals surface area contributed by atoms with E-state index in [2.05, 4.69) is 5.32 Å². The van der Waals surface area contributed by atoms with E-state index < -0.39 is 17.1 Å². The molecule has 0 radical (unpaired) electrons. The zero-order valence-corrected chi connectivity index (χ0v) is 22.8. The van der Waals surface area contributed by atoms with Gasteiger partial charge in [0.05, 0.1) is 18.1 Å². The first kappa shape index (κ1) is 26.9. The minimum Gasteiger partial charge on any atom is -0.340 e. The van der Waals surface area contributed by atoms with Gasteiger partial charge in [-0.05, 0) is 35.9 Å². The molecule has 1 aliphatic heterocycles. The van der Waals surface area contributed by atoms with Crippen LogP contribution < -0.4 is 21.5 Å². The van der Waals surface area contributed by atoms with Crippen molar-refractivity contribution in [2.45, 2.75) is 6.54 Å². The van der Waals surface area contributed by atoms with Crippen LogP contribution in [0.2, 0.25) is 10.0 Å². The molecule has 0 spiro atoms. The number of nitrogens with one attached hydrogen (secondary N) is 1. The SMILES string of the molecule is Cn1c(=O)c2c(nc(N3CCN(CC(=O)Nc4ccc(F)c(Cl)c4)CC3)n2Cc2ccc(Cl)cc2)n(C)c1=O. The largest absolute Gasteiger partial charge is 0.340 e. The molecule has 10 nitrogen and oxygen atoms in total. The number of carbonyl (C=O) groups excluding carboxylic acids is 1. The van der Waals surface area contributed by atoms with Crippen molar-refractivity contribution in [2.24, 2.45) is 14.1 Å². The van der Waals surface area contributed by atoms with Crippen LogP contribution in [0, 0.1) is 5.82 Å². The number of nitrogens with zero attached hydrogens (tertiary/aromatic N) is 6. The van der Waals surface area contributed by atoms with Crippen molar-refractivity contribution in [1.29, 1.82) is 0 Å². The van der Waals surface area contributed by atoms with Crippen LogP contribution in [0.15, 0.2) is 52.1 Å². The molecule has 4 aromatic rings. The lowest BCUT2D eigenvalue weighted by Crippen LogP contribution is -2.49. The standard InChI is InChI=1S/C26H26Cl2FN7O3/c1-32-23-22(24(38)33(2)26(32)39)36(14-16-3-5-17(27)6-4-16)25(31-23)35-11-9-34(10-12-35)15-21(37)30-18-7-8-20(29)19(28)13-18/h3-8,13H,9-12,14-15H2,1-2H3,(H,30,37). The molecule has 5 rings (SSSR count). The van der Waals surface area contributed by atoms with Crippen molar-refractivity contribution in [3.8, 4) is 0 Å².